The summed E-state index contributed by atoms with van der Waals surface area (Å²) in [7, 11) is 0. The van der Waals surface area contributed by atoms with Gasteiger partial charge in [0.05, 0.1) is 13.0 Å². The van der Waals surface area contributed by atoms with Crippen molar-refractivity contribution in [2.24, 2.45) is 0 Å². The SMILES string of the molecule is Cc1ccc(C)c(OCCC(=O)OCC(=O)NCC2(c3ccccc3)CC2)c1. The summed E-state index contributed by atoms with van der Waals surface area (Å²) in [5, 5.41) is 2.89. The van der Waals surface area contributed by atoms with Gasteiger partial charge in [-0.15, -0.1) is 0 Å². The summed E-state index contributed by atoms with van der Waals surface area (Å²) < 4.78 is 10.7. The molecule has 0 heterocycles. The van der Waals surface area contributed by atoms with Crippen molar-refractivity contribution in [2.45, 2.75) is 38.5 Å². The van der Waals surface area contributed by atoms with Crippen molar-refractivity contribution in [3.05, 3.63) is 65.2 Å². The van der Waals surface area contributed by atoms with Gasteiger partial charge in [-0.05, 0) is 49.4 Å². The molecule has 0 bridgehead atoms. The molecule has 0 aromatic heterocycles. The van der Waals surface area contributed by atoms with E-state index >= 15 is 0 Å². The second kappa shape index (κ2) is 8.91. The van der Waals surface area contributed by atoms with Crippen LogP contribution in [0.4, 0.5) is 0 Å². The van der Waals surface area contributed by atoms with Gasteiger partial charge in [0.2, 0.25) is 0 Å². The maximum absolute atomic E-state index is 12.0. The molecule has 1 aliphatic rings. The van der Waals surface area contributed by atoms with E-state index in [1.807, 2.05) is 50.2 Å². The van der Waals surface area contributed by atoms with Gasteiger partial charge in [-0.2, -0.15) is 0 Å². The Bertz CT molecular complexity index is 828. The molecule has 5 heteroatoms. The van der Waals surface area contributed by atoms with E-state index in [0.717, 1.165) is 29.7 Å². The molecule has 0 aliphatic heterocycles. The van der Waals surface area contributed by atoms with Gasteiger partial charge in [0, 0.05) is 12.0 Å². The lowest BCUT2D eigenvalue weighted by Gasteiger charge is -2.16. The lowest BCUT2D eigenvalue weighted by atomic mass is 9.96. The molecule has 148 valence electrons. The van der Waals surface area contributed by atoms with Gasteiger partial charge in [0.15, 0.2) is 6.61 Å². The number of amides is 1. The fraction of sp³-hybridized carbons (Fsp3) is 0.391. The van der Waals surface area contributed by atoms with Crippen molar-refractivity contribution < 1.29 is 19.1 Å². The smallest absolute Gasteiger partial charge is 0.309 e. The van der Waals surface area contributed by atoms with Crippen LogP contribution in [-0.2, 0) is 19.7 Å². The minimum atomic E-state index is -0.440. The molecule has 5 nitrogen and oxygen atoms in total. The van der Waals surface area contributed by atoms with Gasteiger partial charge in [-0.3, -0.25) is 9.59 Å². The van der Waals surface area contributed by atoms with Crippen molar-refractivity contribution in [3.8, 4) is 5.75 Å². The summed E-state index contributed by atoms with van der Waals surface area (Å²) in [5.41, 5.74) is 3.41. The zero-order chi connectivity index (χ0) is 20.0. The minimum Gasteiger partial charge on any atom is -0.493 e. The van der Waals surface area contributed by atoms with E-state index in [4.69, 9.17) is 9.47 Å². The number of esters is 1. The van der Waals surface area contributed by atoms with Crippen LogP contribution in [0.15, 0.2) is 48.5 Å². The molecule has 0 unspecified atom stereocenters. The highest BCUT2D eigenvalue weighted by Gasteiger charge is 2.44. The zero-order valence-corrected chi connectivity index (χ0v) is 16.5. The molecule has 3 rings (SSSR count). The van der Waals surface area contributed by atoms with Crippen LogP contribution in [0.5, 0.6) is 5.75 Å². The lowest BCUT2D eigenvalue weighted by Crippen LogP contribution is -2.35. The Morgan fingerprint density at radius 3 is 2.54 bits per heavy atom. The number of ether oxygens (including phenoxy) is 2. The average Bonchev–Trinajstić information content (AvgIpc) is 3.49. The molecule has 0 saturated heterocycles. The first kappa shape index (κ1) is 19.9. The quantitative estimate of drug-likeness (QED) is 0.676. The third-order valence-electron chi connectivity index (χ3n) is 5.14. The number of aryl methyl sites for hydroxylation is 2. The Morgan fingerprint density at radius 1 is 1.07 bits per heavy atom. The van der Waals surface area contributed by atoms with E-state index in [1.54, 1.807) is 0 Å². The fourth-order valence-corrected chi connectivity index (χ4v) is 3.15. The van der Waals surface area contributed by atoms with E-state index in [-0.39, 0.29) is 31.0 Å². The van der Waals surface area contributed by atoms with Crippen molar-refractivity contribution in [1.29, 1.82) is 0 Å². The number of hydrogen-bond donors (Lipinski definition) is 1. The maximum atomic E-state index is 12.0. The summed E-state index contributed by atoms with van der Waals surface area (Å²) >= 11 is 0. The highest BCUT2D eigenvalue weighted by Crippen LogP contribution is 2.47. The molecule has 0 atom stereocenters. The molecule has 1 aliphatic carbocycles. The van der Waals surface area contributed by atoms with Crippen molar-refractivity contribution in [3.63, 3.8) is 0 Å². The van der Waals surface area contributed by atoms with Crippen LogP contribution < -0.4 is 10.1 Å². The summed E-state index contributed by atoms with van der Waals surface area (Å²) in [6, 6.07) is 16.1. The van der Waals surface area contributed by atoms with Gasteiger partial charge in [-0.1, -0.05) is 42.5 Å². The van der Waals surface area contributed by atoms with Gasteiger partial charge in [0.25, 0.3) is 5.91 Å². The van der Waals surface area contributed by atoms with E-state index < -0.39 is 5.97 Å². The predicted octanol–water partition coefficient (Wildman–Crippen LogP) is 3.46. The molecule has 1 fully saturated rings. The first-order chi connectivity index (χ1) is 13.5. The summed E-state index contributed by atoms with van der Waals surface area (Å²) in [5.74, 6) is 0.0526. The van der Waals surface area contributed by atoms with Gasteiger partial charge >= 0.3 is 5.97 Å². The fourth-order valence-electron chi connectivity index (χ4n) is 3.15. The molecule has 1 saturated carbocycles. The first-order valence-corrected chi connectivity index (χ1v) is 9.66. The van der Waals surface area contributed by atoms with E-state index in [0.29, 0.717) is 6.54 Å². The topological polar surface area (TPSA) is 64.6 Å². The maximum Gasteiger partial charge on any atom is 0.309 e. The normalized spacial score (nSPS) is 14.2. The molecular weight excluding hydrogens is 354 g/mol. The van der Waals surface area contributed by atoms with Crippen LogP contribution >= 0.6 is 0 Å². The number of nitrogens with one attached hydrogen (secondary N) is 1. The second-order valence-electron chi connectivity index (χ2n) is 7.45. The van der Waals surface area contributed by atoms with Crippen molar-refractivity contribution >= 4 is 11.9 Å². The Morgan fingerprint density at radius 2 is 1.82 bits per heavy atom. The van der Waals surface area contributed by atoms with Gasteiger partial charge in [-0.25, -0.2) is 0 Å². The largest absolute Gasteiger partial charge is 0.493 e. The average molecular weight is 381 g/mol. The molecule has 0 spiro atoms. The summed E-state index contributed by atoms with van der Waals surface area (Å²) in [6.07, 6.45) is 2.23. The van der Waals surface area contributed by atoms with Crippen LogP contribution in [0.2, 0.25) is 0 Å². The highest BCUT2D eigenvalue weighted by molar-refractivity contribution is 5.80. The number of benzene rings is 2. The van der Waals surface area contributed by atoms with Crippen LogP contribution in [0.3, 0.4) is 0 Å². The van der Waals surface area contributed by atoms with E-state index in [9.17, 15) is 9.59 Å². The third kappa shape index (κ3) is 5.35. The minimum absolute atomic E-state index is 0.0421. The lowest BCUT2D eigenvalue weighted by molar-refractivity contribution is -0.149. The number of hydrogen-bond acceptors (Lipinski definition) is 4. The monoisotopic (exact) mass is 381 g/mol. The Balaban J connectivity index is 1.34. The molecule has 0 radical (unpaired) electrons. The number of carbonyl (C=O) groups excluding carboxylic acids is 2. The summed E-state index contributed by atoms with van der Waals surface area (Å²) in [4.78, 5) is 23.9. The first-order valence-electron chi connectivity index (χ1n) is 9.66. The molecule has 2 aromatic rings. The van der Waals surface area contributed by atoms with Gasteiger partial charge in [0.1, 0.15) is 5.75 Å². The molecule has 28 heavy (non-hydrogen) atoms. The second-order valence-corrected chi connectivity index (χ2v) is 7.45. The molecule has 2 aromatic carbocycles. The van der Waals surface area contributed by atoms with Crippen LogP contribution in [0, 0.1) is 13.8 Å². The Hall–Kier alpha value is -2.82. The van der Waals surface area contributed by atoms with Crippen LogP contribution in [-0.4, -0.2) is 31.6 Å². The molecular formula is C23H27NO4. The van der Waals surface area contributed by atoms with Crippen molar-refractivity contribution in [2.75, 3.05) is 19.8 Å². The molecule has 1 amide bonds. The standard InChI is InChI=1S/C23H27NO4/c1-17-8-9-18(2)20(14-17)27-13-10-22(26)28-15-21(25)24-16-23(11-12-23)19-6-4-3-5-7-19/h3-9,14H,10-13,15-16H2,1-2H3,(H,24,25). The predicted molar refractivity (Wildman–Crippen MR) is 107 cm³/mol. The highest BCUT2D eigenvalue weighted by atomic mass is 16.5. The van der Waals surface area contributed by atoms with Crippen LogP contribution in [0.1, 0.15) is 36.0 Å². The Labute approximate surface area is 166 Å². The number of rotatable bonds is 9. The zero-order valence-electron chi connectivity index (χ0n) is 16.5. The Kier molecular flexibility index (Phi) is 6.34. The summed E-state index contributed by atoms with van der Waals surface area (Å²) in [6.45, 7) is 4.49. The van der Waals surface area contributed by atoms with E-state index in [2.05, 4.69) is 17.4 Å². The van der Waals surface area contributed by atoms with E-state index in [1.165, 1.54) is 5.56 Å². The number of carbonyl (C=O) groups is 2. The third-order valence-corrected chi connectivity index (χ3v) is 5.14. The van der Waals surface area contributed by atoms with Gasteiger partial charge < -0.3 is 14.8 Å². The van der Waals surface area contributed by atoms with Crippen LogP contribution in [0.25, 0.3) is 0 Å². The molecule has 1 N–H and O–H groups in total. The van der Waals surface area contributed by atoms with Crippen molar-refractivity contribution in [1.82, 2.24) is 5.32 Å².